The first-order valence-corrected chi connectivity index (χ1v) is 12.1. The van der Waals surface area contributed by atoms with Gasteiger partial charge >= 0.3 is 0 Å². The fraction of sp³-hybridized carbons (Fsp3) is 0.481. The van der Waals surface area contributed by atoms with Gasteiger partial charge in [-0.3, -0.25) is 14.5 Å². The van der Waals surface area contributed by atoms with Crippen molar-refractivity contribution in [1.82, 2.24) is 9.80 Å². The second kappa shape index (κ2) is 12.1. The van der Waals surface area contributed by atoms with Gasteiger partial charge in [0.15, 0.2) is 0 Å². The van der Waals surface area contributed by atoms with Crippen molar-refractivity contribution in [2.24, 2.45) is 5.92 Å². The number of likely N-dealkylation sites (N-methyl/N-ethyl adjacent to an activating group) is 1. The molecule has 0 fully saturated rings. The van der Waals surface area contributed by atoms with Crippen LogP contribution in [0.2, 0.25) is 0 Å². The number of ether oxygens (including phenoxy) is 2. The predicted octanol–water partition coefficient (Wildman–Crippen LogP) is 4.18. The molecule has 0 saturated heterocycles. The van der Waals surface area contributed by atoms with Gasteiger partial charge in [0.05, 0.1) is 11.7 Å². The highest BCUT2D eigenvalue weighted by molar-refractivity contribution is 5.98. The zero-order chi connectivity index (χ0) is 25.5. The summed E-state index contributed by atoms with van der Waals surface area (Å²) in [6.07, 6.45) is 0.143. The monoisotopic (exact) mass is 485 g/mol. The quantitative estimate of drug-likeness (QED) is 0.688. The van der Waals surface area contributed by atoms with E-state index in [9.17, 15) is 14.0 Å². The van der Waals surface area contributed by atoms with Crippen molar-refractivity contribution in [1.29, 1.82) is 0 Å². The topological polar surface area (TPSA) is 71.1 Å². The molecule has 2 amide bonds. The molecular formula is C27H36FN3O4. The SMILES string of the molecule is CCC(=O)Nc1ccc2c(c1)OC[C@@H](C)N(Cc1ccccc1F)C[C@H](C)[C@H](OC)CN(C)C2=O. The third kappa shape index (κ3) is 6.80. The molecule has 0 aliphatic carbocycles. The summed E-state index contributed by atoms with van der Waals surface area (Å²) in [4.78, 5) is 29.0. The molecule has 0 aromatic heterocycles. The molecule has 190 valence electrons. The highest BCUT2D eigenvalue weighted by Crippen LogP contribution is 2.27. The fourth-order valence-electron chi connectivity index (χ4n) is 4.24. The van der Waals surface area contributed by atoms with Gasteiger partial charge in [0, 0.05) is 63.6 Å². The van der Waals surface area contributed by atoms with Crippen molar-refractivity contribution in [3.8, 4) is 5.75 Å². The molecule has 1 aliphatic heterocycles. The molecule has 0 spiro atoms. The summed E-state index contributed by atoms with van der Waals surface area (Å²) in [6, 6.07) is 11.8. The first-order chi connectivity index (χ1) is 16.7. The van der Waals surface area contributed by atoms with Crippen LogP contribution in [0.5, 0.6) is 5.75 Å². The average molecular weight is 486 g/mol. The lowest BCUT2D eigenvalue weighted by Gasteiger charge is -2.36. The molecule has 1 heterocycles. The van der Waals surface area contributed by atoms with Gasteiger partial charge in [0.2, 0.25) is 5.91 Å². The number of hydrogen-bond donors (Lipinski definition) is 1. The number of halogens is 1. The Bertz CT molecular complexity index is 1030. The number of anilines is 1. The van der Waals surface area contributed by atoms with Gasteiger partial charge in [-0.05, 0) is 31.0 Å². The van der Waals surface area contributed by atoms with Crippen LogP contribution in [0.25, 0.3) is 0 Å². The molecule has 0 unspecified atom stereocenters. The summed E-state index contributed by atoms with van der Waals surface area (Å²) in [6.45, 7) is 7.62. The second-order valence-electron chi connectivity index (χ2n) is 9.23. The zero-order valence-corrected chi connectivity index (χ0v) is 21.2. The maximum atomic E-state index is 14.5. The van der Waals surface area contributed by atoms with Crippen molar-refractivity contribution < 1.29 is 23.5 Å². The molecule has 0 radical (unpaired) electrons. The van der Waals surface area contributed by atoms with Gasteiger partial charge in [-0.2, -0.15) is 0 Å². The van der Waals surface area contributed by atoms with E-state index in [2.05, 4.69) is 17.1 Å². The van der Waals surface area contributed by atoms with Gasteiger partial charge in [-0.15, -0.1) is 0 Å². The molecule has 2 aromatic carbocycles. The van der Waals surface area contributed by atoms with Crippen LogP contribution in [0.15, 0.2) is 42.5 Å². The van der Waals surface area contributed by atoms with Crippen LogP contribution in [0, 0.1) is 11.7 Å². The molecule has 8 heteroatoms. The van der Waals surface area contributed by atoms with Gasteiger partial charge < -0.3 is 19.7 Å². The average Bonchev–Trinajstić information content (AvgIpc) is 2.85. The number of rotatable bonds is 5. The number of methoxy groups -OCH3 is 1. The van der Waals surface area contributed by atoms with Crippen LogP contribution in [0.3, 0.4) is 0 Å². The molecule has 35 heavy (non-hydrogen) atoms. The van der Waals surface area contributed by atoms with E-state index in [0.29, 0.717) is 48.6 Å². The van der Waals surface area contributed by atoms with Crippen molar-refractivity contribution >= 4 is 17.5 Å². The van der Waals surface area contributed by atoms with Crippen LogP contribution in [0.4, 0.5) is 10.1 Å². The van der Waals surface area contributed by atoms with Crippen molar-refractivity contribution in [3.63, 3.8) is 0 Å². The molecule has 0 bridgehead atoms. The minimum absolute atomic E-state index is 0.0787. The zero-order valence-electron chi connectivity index (χ0n) is 21.2. The Balaban J connectivity index is 1.95. The van der Waals surface area contributed by atoms with E-state index in [-0.39, 0.29) is 42.3 Å². The minimum Gasteiger partial charge on any atom is -0.491 e. The van der Waals surface area contributed by atoms with Gasteiger partial charge in [0.25, 0.3) is 5.91 Å². The molecule has 3 atom stereocenters. The number of amides is 2. The van der Waals surface area contributed by atoms with E-state index in [0.717, 1.165) is 0 Å². The summed E-state index contributed by atoms with van der Waals surface area (Å²) < 4.78 is 26.4. The summed E-state index contributed by atoms with van der Waals surface area (Å²) in [5.74, 6) is -0.0670. The Morgan fingerprint density at radius 1 is 1.20 bits per heavy atom. The number of fused-ring (bicyclic) bond motifs is 1. The lowest BCUT2D eigenvalue weighted by atomic mass is 10.0. The van der Waals surface area contributed by atoms with Crippen molar-refractivity contribution in [2.45, 2.75) is 45.9 Å². The Kier molecular flexibility index (Phi) is 9.23. The highest BCUT2D eigenvalue weighted by atomic mass is 19.1. The standard InChI is InChI=1S/C27H36FN3O4/c1-6-26(32)29-21-11-12-22-24(13-21)35-17-19(3)31(15-20-9-7-8-10-23(20)28)14-18(2)25(34-5)16-30(4)27(22)33/h7-13,18-19,25H,6,14-17H2,1-5H3,(H,29,32)/t18-,19+,25+/m0/s1. The van der Waals surface area contributed by atoms with Crippen LogP contribution in [-0.4, -0.2) is 67.6 Å². The van der Waals surface area contributed by atoms with E-state index in [4.69, 9.17) is 9.47 Å². The molecule has 1 N–H and O–H groups in total. The van der Waals surface area contributed by atoms with Crippen LogP contribution in [0.1, 0.15) is 43.1 Å². The summed E-state index contributed by atoms with van der Waals surface area (Å²) in [7, 11) is 3.39. The summed E-state index contributed by atoms with van der Waals surface area (Å²) in [5.41, 5.74) is 1.60. The lowest BCUT2D eigenvalue weighted by Crippen LogP contribution is -2.46. The smallest absolute Gasteiger partial charge is 0.257 e. The van der Waals surface area contributed by atoms with E-state index in [1.54, 1.807) is 56.3 Å². The fourth-order valence-corrected chi connectivity index (χ4v) is 4.24. The normalized spacial score (nSPS) is 21.9. The largest absolute Gasteiger partial charge is 0.491 e. The van der Waals surface area contributed by atoms with Crippen molar-refractivity contribution in [3.05, 3.63) is 59.4 Å². The van der Waals surface area contributed by atoms with Gasteiger partial charge in [-0.25, -0.2) is 4.39 Å². The molecule has 3 rings (SSSR count). The van der Waals surface area contributed by atoms with Gasteiger partial charge in [-0.1, -0.05) is 32.0 Å². The Morgan fingerprint density at radius 2 is 1.94 bits per heavy atom. The summed E-state index contributed by atoms with van der Waals surface area (Å²) in [5, 5.41) is 2.82. The number of hydrogen-bond acceptors (Lipinski definition) is 5. The van der Waals surface area contributed by atoms with Crippen LogP contribution < -0.4 is 10.1 Å². The predicted molar refractivity (Wildman–Crippen MR) is 134 cm³/mol. The van der Waals surface area contributed by atoms with Crippen LogP contribution in [-0.2, 0) is 16.1 Å². The van der Waals surface area contributed by atoms with E-state index < -0.39 is 0 Å². The first kappa shape index (κ1) is 26.6. The Hall–Kier alpha value is -2.97. The molecule has 7 nitrogen and oxygen atoms in total. The third-order valence-corrected chi connectivity index (χ3v) is 6.51. The first-order valence-electron chi connectivity index (χ1n) is 12.1. The maximum absolute atomic E-state index is 14.5. The van der Waals surface area contributed by atoms with E-state index in [1.165, 1.54) is 6.07 Å². The minimum atomic E-state index is -0.241. The number of carbonyl (C=O) groups is 2. The number of nitrogens with one attached hydrogen (secondary N) is 1. The molecular weight excluding hydrogens is 449 g/mol. The Morgan fingerprint density at radius 3 is 2.63 bits per heavy atom. The lowest BCUT2D eigenvalue weighted by molar-refractivity contribution is -0.115. The third-order valence-electron chi connectivity index (χ3n) is 6.51. The Labute approximate surface area is 207 Å². The van der Waals surface area contributed by atoms with E-state index in [1.807, 2.05) is 13.0 Å². The van der Waals surface area contributed by atoms with Gasteiger partial charge in [0.1, 0.15) is 18.2 Å². The number of benzene rings is 2. The van der Waals surface area contributed by atoms with E-state index >= 15 is 0 Å². The van der Waals surface area contributed by atoms with Crippen LogP contribution >= 0.6 is 0 Å². The number of carbonyl (C=O) groups excluding carboxylic acids is 2. The number of nitrogens with zero attached hydrogens (tertiary/aromatic N) is 2. The molecule has 2 aromatic rings. The maximum Gasteiger partial charge on any atom is 0.257 e. The molecule has 0 saturated carbocycles. The summed E-state index contributed by atoms with van der Waals surface area (Å²) >= 11 is 0. The van der Waals surface area contributed by atoms with Crippen molar-refractivity contribution in [2.75, 3.05) is 39.2 Å². The molecule has 1 aliphatic rings. The second-order valence-corrected chi connectivity index (χ2v) is 9.23. The highest BCUT2D eigenvalue weighted by Gasteiger charge is 2.28.